The van der Waals surface area contributed by atoms with Gasteiger partial charge in [-0.05, 0) is 38.2 Å². The number of hydrogen-bond donors (Lipinski definition) is 3. The molecule has 1 aromatic carbocycles. The van der Waals surface area contributed by atoms with E-state index >= 15 is 0 Å². The van der Waals surface area contributed by atoms with Gasteiger partial charge < -0.3 is 15.6 Å². The Kier molecular flexibility index (Phi) is 5.68. The lowest BCUT2D eigenvalue weighted by Crippen LogP contribution is -2.15. The maximum Gasteiger partial charge on any atom is 0.224 e. The summed E-state index contributed by atoms with van der Waals surface area (Å²) in [7, 11) is 1.89. The molecule has 0 aliphatic rings. The molecular weight excluding hydrogens is 250 g/mol. The number of carbonyl (C=O) groups excluding carboxylic acids is 1. The van der Waals surface area contributed by atoms with E-state index in [4.69, 9.17) is 0 Å². The maximum absolute atomic E-state index is 11.7. The van der Waals surface area contributed by atoms with Gasteiger partial charge in [-0.2, -0.15) is 0 Å². The van der Waals surface area contributed by atoms with Crippen molar-refractivity contribution in [1.29, 1.82) is 0 Å². The van der Waals surface area contributed by atoms with Crippen molar-refractivity contribution in [2.24, 2.45) is 0 Å². The van der Waals surface area contributed by atoms with Gasteiger partial charge in [0.25, 0.3) is 0 Å². The molecule has 98 valence electrons. The lowest BCUT2D eigenvalue weighted by atomic mass is 10.2. The van der Waals surface area contributed by atoms with Crippen LogP contribution in [0.4, 0.5) is 5.69 Å². The van der Waals surface area contributed by atoms with E-state index in [9.17, 15) is 4.79 Å². The van der Waals surface area contributed by atoms with Crippen LogP contribution in [0.1, 0.15) is 12.8 Å². The Morgan fingerprint density at radius 1 is 1.33 bits per heavy atom. The number of rotatable bonds is 5. The molecule has 0 spiro atoms. The zero-order valence-electron chi connectivity index (χ0n) is 10.3. The summed E-state index contributed by atoms with van der Waals surface area (Å²) in [5.74, 6) is 0.0638. The van der Waals surface area contributed by atoms with Crippen molar-refractivity contribution in [3.05, 3.63) is 30.5 Å². The number of fused-ring (bicyclic) bond motifs is 1. The van der Waals surface area contributed by atoms with Gasteiger partial charge in [-0.3, -0.25) is 4.79 Å². The third-order valence-electron chi connectivity index (χ3n) is 2.70. The van der Waals surface area contributed by atoms with E-state index in [1.54, 1.807) is 0 Å². The lowest BCUT2D eigenvalue weighted by Gasteiger charge is -2.06. The number of aromatic nitrogens is 1. The first-order valence-electron chi connectivity index (χ1n) is 5.82. The Balaban J connectivity index is 0.00000162. The number of carbonyl (C=O) groups is 1. The van der Waals surface area contributed by atoms with Gasteiger partial charge in [0.1, 0.15) is 0 Å². The molecule has 0 unspecified atom stereocenters. The predicted octanol–water partition coefficient (Wildman–Crippen LogP) is 2.53. The van der Waals surface area contributed by atoms with Gasteiger partial charge in [0, 0.05) is 23.5 Å². The molecular formula is C13H18ClN3O. The first-order valence-corrected chi connectivity index (χ1v) is 5.82. The number of halogens is 1. The fourth-order valence-electron chi connectivity index (χ4n) is 1.83. The second kappa shape index (κ2) is 7.03. The van der Waals surface area contributed by atoms with Crippen LogP contribution in [0.5, 0.6) is 0 Å². The van der Waals surface area contributed by atoms with Gasteiger partial charge in [0.15, 0.2) is 0 Å². The number of H-pyrrole nitrogens is 1. The van der Waals surface area contributed by atoms with Gasteiger partial charge in [-0.25, -0.2) is 0 Å². The average molecular weight is 268 g/mol. The molecule has 0 aliphatic carbocycles. The van der Waals surface area contributed by atoms with Crippen molar-refractivity contribution < 1.29 is 4.79 Å². The van der Waals surface area contributed by atoms with Gasteiger partial charge in [-0.15, -0.1) is 12.4 Å². The first kappa shape index (κ1) is 14.5. The van der Waals surface area contributed by atoms with Crippen LogP contribution in [0.3, 0.4) is 0 Å². The van der Waals surface area contributed by atoms with Crippen molar-refractivity contribution in [3.63, 3.8) is 0 Å². The van der Waals surface area contributed by atoms with E-state index < -0.39 is 0 Å². The molecule has 0 fully saturated rings. The molecule has 3 N–H and O–H groups in total. The molecule has 2 aromatic rings. The smallest absolute Gasteiger partial charge is 0.224 e. The summed E-state index contributed by atoms with van der Waals surface area (Å²) in [6, 6.07) is 7.82. The van der Waals surface area contributed by atoms with Gasteiger partial charge >= 0.3 is 0 Å². The Hall–Kier alpha value is -1.52. The van der Waals surface area contributed by atoms with Crippen molar-refractivity contribution in [2.75, 3.05) is 18.9 Å². The quantitative estimate of drug-likeness (QED) is 0.729. The third-order valence-corrected chi connectivity index (χ3v) is 2.70. The van der Waals surface area contributed by atoms with Gasteiger partial charge in [0.05, 0.1) is 5.69 Å². The zero-order chi connectivity index (χ0) is 12.1. The van der Waals surface area contributed by atoms with Crippen molar-refractivity contribution >= 4 is 34.9 Å². The number of nitrogens with one attached hydrogen (secondary N) is 3. The zero-order valence-corrected chi connectivity index (χ0v) is 11.1. The Morgan fingerprint density at radius 3 is 2.94 bits per heavy atom. The van der Waals surface area contributed by atoms with Crippen molar-refractivity contribution in [2.45, 2.75) is 12.8 Å². The van der Waals surface area contributed by atoms with E-state index in [1.165, 1.54) is 0 Å². The molecule has 2 rings (SSSR count). The van der Waals surface area contributed by atoms with Gasteiger partial charge in [-0.1, -0.05) is 6.07 Å². The lowest BCUT2D eigenvalue weighted by molar-refractivity contribution is -0.116. The highest BCUT2D eigenvalue weighted by Crippen LogP contribution is 2.22. The van der Waals surface area contributed by atoms with E-state index in [1.807, 2.05) is 37.5 Å². The van der Waals surface area contributed by atoms with Crippen LogP contribution in [0.25, 0.3) is 10.9 Å². The molecule has 4 nitrogen and oxygen atoms in total. The standard InChI is InChI=1S/C13H17N3O.ClH/c1-14-8-3-6-13(17)16-12-5-2-4-11-10(12)7-9-15-11;/h2,4-5,7,9,14-15H,3,6,8H2,1H3,(H,16,17);1H. The highest BCUT2D eigenvalue weighted by atomic mass is 35.5. The Labute approximate surface area is 113 Å². The van der Waals surface area contributed by atoms with E-state index in [2.05, 4.69) is 15.6 Å². The SMILES string of the molecule is CNCCCC(=O)Nc1cccc2[nH]ccc12.Cl. The molecule has 0 aliphatic heterocycles. The summed E-state index contributed by atoms with van der Waals surface area (Å²) < 4.78 is 0. The summed E-state index contributed by atoms with van der Waals surface area (Å²) in [4.78, 5) is 14.8. The van der Waals surface area contributed by atoms with Crippen LogP contribution in [-0.4, -0.2) is 24.5 Å². The molecule has 0 saturated carbocycles. The summed E-state index contributed by atoms with van der Waals surface area (Å²) in [6.07, 6.45) is 3.27. The highest BCUT2D eigenvalue weighted by Gasteiger charge is 2.05. The van der Waals surface area contributed by atoms with Crippen LogP contribution in [0.15, 0.2) is 30.5 Å². The van der Waals surface area contributed by atoms with E-state index in [0.29, 0.717) is 6.42 Å². The minimum absolute atomic E-state index is 0. The molecule has 1 heterocycles. The van der Waals surface area contributed by atoms with E-state index in [-0.39, 0.29) is 18.3 Å². The van der Waals surface area contributed by atoms with Crippen LogP contribution >= 0.6 is 12.4 Å². The van der Waals surface area contributed by atoms with Crippen LogP contribution in [0.2, 0.25) is 0 Å². The molecule has 0 atom stereocenters. The topological polar surface area (TPSA) is 56.9 Å². The number of amides is 1. The molecule has 5 heteroatoms. The molecule has 1 amide bonds. The second-order valence-corrected chi connectivity index (χ2v) is 4.00. The summed E-state index contributed by atoms with van der Waals surface area (Å²) in [5.41, 5.74) is 1.91. The first-order chi connectivity index (χ1) is 8.31. The fraction of sp³-hybridized carbons (Fsp3) is 0.308. The van der Waals surface area contributed by atoms with Crippen molar-refractivity contribution in [1.82, 2.24) is 10.3 Å². The number of benzene rings is 1. The van der Waals surface area contributed by atoms with E-state index in [0.717, 1.165) is 29.6 Å². The molecule has 0 radical (unpaired) electrons. The summed E-state index contributed by atoms with van der Waals surface area (Å²) >= 11 is 0. The molecule has 0 bridgehead atoms. The van der Waals surface area contributed by atoms with Crippen LogP contribution in [-0.2, 0) is 4.79 Å². The average Bonchev–Trinajstić information content (AvgIpc) is 2.78. The highest BCUT2D eigenvalue weighted by molar-refractivity contribution is 6.01. The maximum atomic E-state index is 11.7. The van der Waals surface area contributed by atoms with Crippen molar-refractivity contribution in [3.8, 4) is 0 Å². The third kappa shape index (κ3) is 3.48. The normalized spacial score (nSPS) is 10.1. The predicted molar refractivity (Wildman–Crippen MR) is 77.3 cm³/mol. The number of anilines is 1. The minimum Gasteiger partial charge on any atom is -0.361 e. The number of aromatic amines is 1. The minimum atomic E-state index is 0. The molecule has 1 aromatic heterocycles. The van der Waals surface area contributed by atoms with Crippen LogP contribution in [0, 0.1) is 0 Å². The largest absolute Gasteiger partial charge is 0.361 e. The Bertz CT molecular complexity index is 510. The number of hydrogen-bond acceptors (Lipinski definition) is 2. The monoisotopic (exact) mass is 267 g/mol. The summed E-state index contributed by atoms with van der Waals surface area (Å²) in [6.45, 7) is 0.863. The fourth-order valence-corrected chi connectivity index (χ4v) is 1.83. The molecule has 0 saturated heterocycles. The molecule has 18 heavy (non-hydrogen) atoms. The Morgan fingerprint density at radius 2 is 2.17 bits per heavy atom. The second-order valence-electron chi connectivity index (χ2n) is 4.00. The van der Waals surface area contributed by atoms with Crippen LogP contribution < -0.4 is 10.6 Å². The summed E-state index contributed by atoms with van der Waals surface area (Å²) in [5, 5.41) is 7.02. The van der Waals surface area contributed by atoms with Gasteiger partial charge in [0.2, 0.25) is 5.91 Å².